The Morgan fingerprint density at radius 3 is 2.88 bits per heavy atom. The quantitative estimate of drug-likeness (QED) is 0.811. The van der Waals surface area contributed by atoms with Crippen molar-refractivity contribution in [3.05, 3.63) is 34.4 Å². The fourth-order valence-electron chi connectivity index (χ4n) is 2.32. The second kappa shape index (κ2) is 8.43. The third kappa shape index (κ3) is 4.91. The van der Waals surface area contributed by atoms with E-state index >= 15 is 0 Å². The molecule has 128 valence electrons. The molecule has 0 saturated carbocycles. The number of ether oxygens (including phenoxy) is 1. The first-order chi connectivity index (χ1) is 11.7. The molecule has 0 amide bonds. The van der Waals surface area contributed by atoms with Gasteiger partial charge in [0.15, 0.2) is 5.82 Å². The first-order valence-electron chi connectivity index (χ1n) is 7.66. The number of halogens is 2. The van der Waals surface area contributed by atoms with Crippen molar-refractivity contribution in [2.45, 2.75) is 0 Å². The van der Waals surface area contributed by atoms with Crippen LogP contribution < -0.4 is 10.6 Å². The Morgan fingerprint density at radius 1 is 1.21 bits per heavy atom. The number of rotatable bonds is 6. The Morgan fingerprint density at radius 2 is 2.04 bits per heavy atom. The number of anilines is 3. The van der Waals surface area contributed by atoms with E-state index in [1.807, 2.05) is 0 Å². The number of hydrogen-bond donors (Lipinski definition) is 2. The van der Waals surface area contributed by atoms with Gasteiger partial charge >= 0.3 is 0 Å². The van der Waals surface area contributed by atoms with Gasteiger partial charge in [-0.15, -0.1) is 5.10 Å². The number of aromatic nitrogens is 3. The van der Waals surface area contributed by atoms with Gasteiger partial charge in [0.25, 0.3) is 0 Å². The molecule has 1 saturated heterocycles. The Labute approximate surface area is 150 Å². The molecular formula is C15H18Cl2N6O. The van der Waals surface area contributed by atoms with E-state index in [1.54, 1.807) is 18.2 Å². The molecule has 3 rings (SSSR count). The normalized spacial score (nSPS) is 15.2. The van der Waals surface area contributed by atoms with Gasteiger partial charge in [-0.2, -0.15) is 10.1 Å². The Bertz CT molecular complexity index is 681. The Kier molecular flexibility index (Phi) is 6.03. The number of nitrogens with one attached hydrogen (secondary N) is 2. The summed E-state index contributed by atoms with van der Waals surface area (Å²) in [6.07, 6.45) is 1.53. The summed E-state index contributed by atoms with van der Waals surface area (Å²) in [5.41, 5.74) is 0.670. The summed E-state index contributed by atoms with van der Waals surface area (Å²) in [5.74, 6) is 1.01. The van der Waals surface area contributed by atoms with E-state index in [4.69, 9.17) is 27.9 Å². The molecule has 0 radical (unpaired) electrons. The van der Waals surface area contributed by atoms with Gasteiger partial charge in [0, 0.05) is 31.2 Å². The van der Waals surface area contributed by atoms with Crippen LogP contribution in [0.25, 0.3) is 0 Å². The fourth-order valence-corrected chi connectivity index (χ4v) is 2.66. The predicted octanol–water partition coefficient (Wildman–Crippen LogP) is 2.67. The zero-order valence-electron chi connectivity index (χ0n) is 13.0. The Hall–Kier alpha value is -1.67. The maximum absolute atomic E-state index is 6.14. The molecule has 2 N–H and O–H groups in total. The molecule has 24 heavy (non-hydrogen) atoms. The first-order valence-corrected chi connectivity index (χ1v) is 8.42. The van der Waals surface area contributed by atoms with E-state index in [2.05, 4.69) is 30.7 Å². The van der Waals surface area contributed by atoms with Crippen molar-refractivity contribution in [3.8, 4) is 0 Å². The molecule has 1 aliphatic rings. The van der Waals surface area contributed by atoms with Gasteiger partial charge < -0.3 is 15.4 Å². The maximum Gasteiger partial charge on any atom is 0.244 e. The molecule has 9 heteroatoms. The summed E-state index contributed by atoms with van der Waals surface area (Å²) >= 11 is 12.1. The van der Waals surface area contributed by atoms with Gasteiger partial charge in [-0.25, -0.2) is 0 Å². The predicted molar refractivity (Wildman–Crippen MR) is 95.3 cm³/mol. The van der Waals surface area contributed by atoms with Crippen molar-refractivity contribution < 1.29 is 4.74 Å². The molecule has 2 aromatic rings. The third-order valence-electron chi connectivity index (χ3n) is 3.56. The standard InChI is InChI=1S/C15H18Cl2N6O/c16-11-1-2-12(17)13(9-11)20-14-10-19-22-15(21-14)18-3-4-23-5-7-24-8-6-23/h1-2,9-10H,3-8H2,(H2,18,20,21,22). The SMILES string of the molecule is Clc1ccc(Cl)c(Nc2cnnc(NCCN3CCOCC3)n2)c1. The van der Waals surface area contributed by atoms with Gasteiger partial charge in [0.05, 0.1) is 30.1 Å². The van der Waals surface area contributed by atoms with E-state index in [0.717, 1.165) is 39.4 Å². The summed E-state index contributed by atoms with van der Waals surface area (Å²) in [6, 6.07) is 5.19. The average Bonchev–Trinajstić information content (AvgIpc) is 2.60. The van der Waals surface area contributed by atoms with Gasteiger partial charge in [-0.1, -0.05) is 23.2 Å². The van der Waals surface area contributed by atoms with E-state index in [0.29, 0.717) is 27.5 Å². The molecule has 1 aromatic heterocycles. The van der Waals surface area contributed by atoms with Crippen molar-refractivity contribution in [2.75, 3.05) is 50.0 Å². The molecule has 0 aliphatic carbocycles. The molecule has 1 fully saturated rings. The van der Waals surface area contributed by atoms with Crippen molar-refractivity contribution in [1.82, 2.24) is 20.1 Å². The van der Waals surface area contributed by atoms with Crippen LogP contribution in [0.5, 0.6) is 0 Å². The lowest BCUT2D eigenvalue weighted by Crippen LogP contribution is -2.39. The Balaban J connectivity index is 1.56. The van der Waals surface area contributed by atoms with Crippen LogP contribution >= 0.6 is 23.2 Å². The molecule has 1 aromatic carbocycles. The lowest BCUT2D eigenvalue weighted by Gasteiger charge is -2.26. The van der Waals surface area contributed by atoms with E-state index in [-0.39, 0.29) is 0 Å². The molecule has 0 unspecified atom stereocenters. The van der Waals surface area contributed by atoms with Crippen LogP contribution in [0, 0.1) is 0 Å². The first kappa shape index (κ1) is 17.2. The highest BCUT2D eigenvalue weighted by Gasteiger charge is 2.10. The van der Waals surface area contributed by atoms with E-state index in [9.17, 15) is 0 Å². The molecular weight excluding hydrogens is 351 g/mol. The van der Waals surface area contributed by atoms with Gasteiger partial charge in [0.2, 0.25) is 5.95 Å². The lowest BCUT2D eigenvalue weighted by atomic mass is 10.3. The highest BCUT2D eigenvalue weighted by Crippen LogP contribution is 2.27. The van der Waals surface area contributed by atoms with Crippen LogP contribution in [0.1, 0.15) is 0 Å². The second-order valence-corrected chi connectivity index (χ2v) is 6.14. The minimum Gasteiger partial charge on any atom is -0.379 e. The highest BCUT2D eigenvalue weighted by molar-refractivity contribution is 6.35. The molecule has 0 atom stereocenters. The van der Waals surface area contributed by atoms with Crippen molar-refractivity contribution in [1.29, 1.82) is 0 Å². The van der Waals surface area contributed by atoms with E-state index < -0.39 is 0 Å². The maximum atomic E-state index is 6.14. The molecule has 0 spiro atoms. The number of hydrogen-bond acceptors (Lipinski definition) is 7. The summed E-state index contributed by atoms with van der Waals surface area (Å²) in [4.78, 5) is 6.71. The van der Waals surface area contributed by atoms with Crippen molar-refractivity contribution in [2.24, 2.45) is 0 Å². The van der Waals surface area contributed by atoms with Crippen LogP contribution in [0.4, 0.5) is 17.5 Å². The average molecular weight is 369 g/mol. The number of benzene rings is 1. The molecule has 1 aliphatic heterocycles. The second-order valence-electron chi connectivity index (χ2n) is 5.30. The topological polar surface area (TPSA) is 75.2 Å². The smallest absolute Gasteiger partial charge is 0.244 e. The summed E-state index contributed by atoms with van der Waals surface area (Å²) in [6.45, 7) is 5.13. The minimum absolute atomic E-state index is 0.464. The summed E-state index contributed by atoms with van der Waals surface area (Å²) in [7, 11) is 0. The number of nitrogens with zero attached hydrogens (tertiary/aromatic N) is 4. The van der Waals surface area contributed by atoms with Crippen LogP contribution in [-0.4, -0.2) is 59.5 Å². The van der Waals surface area contributed by atoms with Gasteiger partial charge in [-0.05, 0) is 18.2 Å². The lowest BCUT2D eigenvalue weighted by molar-refractivity contribution is 0.0398. The molecule has 7 nitrogen and oxygen atoms in total. The zero-order valence-corrected chi connectivity index (χ0v) is 14.5. The zero-order chi connectivity index (χ0) is 16.8. The largest absolute Gasteiger partial charge is 0.379 e. The monoisotopic (exact) mass is 368 g/mol. The minimum atomic E-state index is 0.464. The van der Waals surface area contributed by atoms with Gasteiger partial charge in [-0.3, -0.25) is 4.90 Å². The number of morpholine rings is 1. The van der Waals surface area contributed by atoms with Crippen LogP contribution in [0.2, 0.25) is 10.0 Å². The third-order valence-corrected chi connectivity index (χ3v) is 4.13. The fraction of sp³-hybridized carbons (Fsp3) is 0.400. The molecule has 0 bridgehead atoms. The van der Waals surface area contributed by atoms with Crippen LogP contribution in [0.15, 0.2) is 24.4 Å². The summed E-state index contributed by atoms with van der Waals surface area (Å²) in [5, 5.41) is 15.4. The van der Waals surface area contributed by atoms with Crippen molar-refractivity contribution >= 4 is 40.7 Å². The molecule has 2 heterocycles. The van der Waals surface area contributed by atoms with Crippen LogP contribution in [0.3, 0.4) is 0 Å². The van der Waals surface area contributed by atoms with E-state index in [1.165, 1.54) is 6.20 Å². The highest BCUT2D eigenvalue weighted by atomic mass is 35.5. The van der Waals surface area contributed by atoms with Gasteiger partial charge in [0.1, 0.15) is 0 Å². The van der Waals surface area contributed by atoms with Crippen molar-refractivity contribution in [3.63, 3.8) is 0 Å². The van der Waals surface area contributed by atoms with Crippen LogP contribution in [-0.2, 0) is 4.74 Å². The summed E-state index contributed by atoms with van der Waals surface area (Å²) < 4.78 is 5.33.